The zero-order valence-electron chi connectivity index (χ0n) is 15.7. The molecule has 0 N–H and O–H groups in total. The number of halogens is 1. The Morgan fingerprint density at radius 2 is 2.04 bits per heavy atom. The van der Waals surface area contributed by atoms with E-state index in [-0.39, 0.29) is 12.1 Å². The summed E-state index contributed by atoms with van der Waals surface area (Å²) in [4.78, 5) is 21.3. The van der Waals surface area contributed by atoms with E-state index in [4.69, 9.17) is 9.47 Å². The number of morpholine rings is 1. The van der Waals surface area contributed by atoms with E-state index in [0.29, 0.717) is 19.8 Å². The molecule has 0 bridgehead atoms. The van der Waals surface area contributed by atoms with Crippen molar-refractivity contribution in [1.29, 1.82) is 0 Å². The first-order chi connectivity index (χ1) is 11.7. The summed E-state index contributed by atoms with van der Waals surface area (Å²) in [6.07, 6.45) is -0.322. The third-order valence-electron chi connectivity index (χ3n) is 4.05. The van der Waals surface area contributed by atoms with Gasteiger partial charge in [-0.25, -0.2) is 9.78 Å². The molecular weight excluding hydrogens is 386 g/mol. The van der Waals surface area contributed by atoms with Crippen LogP contribution in [-0.2, 0) is 9.47 Å². The number of rotatable bonds is 4. The summed E-state index contributed by atoms with van der Waals surface area (Å²) in [5.74, 6) is 0. The largest absolute Gasteiger partial charge is 0.444 e. The number of carbonyl (C=O) groups is 1. The molecule has 0 aromatic carbocycles. The number of hydrogen-bond donors (Lipinski definition) is 0. The zero-order chi connectivity index (χ0) is 18.6. The molecule has 1 saturated heterocycles. The van der Waals surface area contributed by atoms with Crippen LogP contribution in [0.3, 0.4) is 0 Å². The molecule has 2 rings (SSSR count). The molecule has 0 aliphatic carbocycles. The number of nitrogens with zero attached hydrogens (tertiary/aromatic N) is 3. The van der Waals surface area contributed by atoms with Crippen molar-refractivity contribution in [1.82, 2.24) is 9.88 Å². The Balaban J connectivity index is 2.30. The molecule has 1 aromatic rings. The molecule has 6 nitrogen and oxygen atoms in total. The van der Waals surface area contributed by atoms with Crippen LogP contribution in [0.15, 0.2) is 16.7 Å². The van der Waals surface area contributed by atoms with E-state index >= 15 is 0 Å². The van der Waals surface area contributed by atoms with Crippen LogP contribution in [0.4, 0.5) is 10.5 Å². The summed E-state index contributed by atoms with van der Waals surface area (Å²) in [5, 5.41) is 0. The van der Waals surface area contributed by atoms with Crippen LogP contribution in [0.1, 0.15) is 46.4 Å². The molecule has 0 radical (unpaired) electrons. The standard InChI is InChI=1S/C18H28BrN3O3/c1-6-22(17(23)25-18(3,4)5)13(2)16-14(7-8-15(19)20-16)21-9-11-24-12-10-21/h7-8,13H,6,9-12H2,1-5H3. The maximum absolute atomic E-state index is 12.6. The third-order valence-corrected chi connectivity index (χ3v) is 4.49. The fourth-order valence-corrected chi connectivity index (χ4v) is 3.17. The van der Waals surface area contributed by atoms with Crippen LogP contribution in [-0.4, -0.2) is 54.4 Å². The minimum Gasteiger partial charge on any atom is -0.444 e. The van der Waals surface area contributed by atoms with E-state index in [2.05, 4.69) is 31.9 Å². The topological polar surface area (TPSA) is 54.9 Å². The van der Waals surface area contributed by atoms with Gasteiger partial charge in [0.05, 0.1) is 30.6 Å². The predicted octanol–water partition coefficient (Wildman–Crippen LogP) is 4.00. The summed E-state index contributed by atoms with van der Waals surface area (Å²) >= 11 is 3.46. The lowest BCUT2D eigenvalue weighted by atomic mass is 10.1. The highest BCUT2D eigenvalue weighted by Gasteiger charge is 2.29. The van der Waals surface area contributed by atoms with Gasteiger partial charge in [-0.05, 0) is 62.7 Å². The van der Waals surface area contributed by atoms with Crippen molar-refractivity contribution in [2.75, 3.05) is 37.7 Å². The second-order valence-electron chi connectivity index (χ2n) is 7.08. The minimum atomic E-state index is -0.526. The summed E-state index contributed by atoms with van der Waals surface area (Å²) < 4.78 is 11.8. The molecule has 0 spiro atoms. The molecule has 1 aromatic heterocycles. The van der Waals surface area contributed by atoms with Crippen molar-refractivity contribution >= 4 is 27.7 Å². The van der Waals surface area contributed by atoms with Gasteiger partial charge in [-0.15, -0.1) is 0 Å². The van der Waals surface area contributed by atoms with E-state index in [1.807, 2.05) is 40.7 Å². The molecule has 1 aliphatic rings. The summed E-state index contributed by atoms with van der Waals surface area (Å²) in [6, 6.07) is 3.79. The Kier molecular flexibility index (Phi) is 6.68. The maximum Gasteiger partial charge on any atom is 0.410 e. The molecule has 1 atom stereocenters. The van der Waals surface area contributed by atoms with Crippen molar-refractivity contribution in [3.05, 3.63) is 22.4 Å². The molecule has 2 heterocycles. The monoisotopic (exact) mass is 413 g/mol. The Bertz CT molecular complexity index is 598. The summed E-state index contributed by atoms with van der Waals surface area (Å²) in [6.45, 7) is 13.2. The fraction of sp³-hybridized carbons (Fsp3) is 0.667. The van der Waals surface area contributed by atoms with Crippen molar-refractivity contribution in [3.63, 3.8) is 0 Å². The van der Waals surface area contributed by atoms with Gasteiger partial charge in [0.2, 0.25) is 0 Å². The Morgan fingerprint density at radius 1 is 1.40 bits per heavy atom. The fourth-order valence-electron chi connectivity index (χ4n) is 2.85. The van der Waals surface area contributed by atoms with E-state index < -0.39 is 5.60 Å². The van der Waals surface area contributed by atoms with Crippen LogP contribution in [0.2, 0.25) is 0 Å². The molecule has 140 valence electrons. The smallest absolute Gasteiger partial charge is 0.410 e. The summed E-state index contributed by atoms with van der Waals surface area (Å²) in [7, 11) is 0. The predicted molar refractivity (Wildman–Crippen MR) is 102 cm³/mol. The highest BCUT2D eigenvalue weighted by atomic mass is 79.9. The third kappa shape index (κ3) is 5.31. The van der Waals surface area contributed by atoms with E-state index in [1.165, 1.54) is 0 Å². The zero-order valence-corrected chi connectivity index (χ0v) is 17.3. The first kappa shape index (κ1) is 20.0. The van der Waals surface area contributed by atoms with Crippen LogP contribution < -0.4 is 4.90 Å². The van der Waals surface area contributed by atoms with Crippen LogP contribution in [0.25, 0.3) is 0 Å². The molecule has 25 heavy (non-hydrogen) atoms. The van der Waals surface area contributed by atoms with Gasteiger partial charge < -0.3 is 19.3 Å². The first-order valence-corrected chi connectivity index (χ1v) is 9.51. The minimum absolute atomic E-state index is 0.199. The average Bonchev–Trinajstić information content (AvgIpc) is 2.54. The number of amides is 1. The van der Waals surface area contributed by atoms with Gasteiger partial charge in [0.25, 0.3) is 0 Å². The molecule has 1 fully saturated rings. The number of ether oxygens (including phenoxy) is 2. The molecule has 1 unspecified atom stereocenters. The van der Waals surface area contributed by atoms with Crippen LogP contribution >= 0.6 is 15.9 Å². The van der Waals surface area contributed by atoms with Gasteiger partial charge in [0.1, 0.15) is 10.2 Å². The Labute approximate surface area is 158 Å². The second kappa shape index (κ2) is 8.36. The lowest BCUT2D eigenvalue weighted by Gasteiger charge is -2.35. The quantitative estimate of drug-likeness (QED) is 0.698. The second-order valence-corrected chi connectivity index (χ2v) is 7.89. The highest BCUT2D eigenvalue weighted by Crippen LogP contribution is 2.31. The Hall–Kier alpha value is -1.34. The van der Waals surface area contributed by atoms with Crippen molar-refractivity contribution in [2.24, 2.45) is 0 Å². The van der Waals surface area contributed by atoms with Crippen molar-refractivity contribution in [3.8, 4) is 0 Å². The number of pyridine rings is 1. The number of anilines is 1. The van der Waals surface area contributed by atoms with Gasteiger partial charge in [0.15, 0.2) is 0 Å². The van der Waals surface area contributed by atoms with Gasteiger partial charge in [0, 0.05) is 19.6 Å². The Morgan fingerprint density at radius 3 is 2.60 bits per heavy atom. The molecule has 0 saturated carbocycles. The number of hydrogen-bond acceptors (Lipinski definition) is 5. The normalized spacial score (nSPS) is 16.5. The van der Waals surface area contributed by atoms with E-state index in [9.17, 15) is 4.79 Å². The van der Waals surface area contributed by atoms with E-state index in [0.717, 1.165) is 29.1 Å². The number of carbonyl (C=O) groups excluding carboxylic acids is 1. The van der Waals surface area contributed by atoms with Crippen molar-refractivity contribution in [2.45, 2.75) is 46.3 Å². The van der Waals surface area contributed by atoms with E-state index in [1.54, 1.807) is 4.90 Å². The van der Waals surface area contributed by atoms with Gasteiger partial charge in [-0.3, -0.25) is 0 Å². The maximum atomic E-state index is 12.6. The lowest BCUT2D eigenvalue weighted by molar-refractivity contribution is 0.0182. The molecule has 1 aliphatic heterocycles. The van der Waals surface area contributed by atoms with Crippen molar-refractivity contribution < 1.29 is 14.3 Å². The SMILES string of the molecule is CCN(C(=O)OC(C)(C)C)C(C)c1nc(Br)ccc1N1CCOCC1. The van der Waals surface area contributed by atoms with Crippen LogP contribution in [0, 0.1) is 0 Å². The molecular formula is C18H28BrN3O3. The average molecular weight is 414 g/mol. The highest BCUT2D eigenvalue weighted by molar-refractivity contribution is 9.10. The molecule has 1 amide bonds. The molecule has 7 heteroatoms. The summed E-state index contributed by atoms with van der Waals surface area (Å²) in [5.41, 5.74) is 1.38. The number of aromatic nitrogens is 1. The van der Waals surface area contributed by atoms with Crippen LogP contribution in [0.5, 0.6) is 0 Å². The van der Waals surface area contributed by atoms with Gasteiger partial charge in [-0.2, -0.15) is 0 Å². The van der Waals surface area contributed by atoms with Gasteiger partial charge in [-0.1, -0.05) is 0 Å². The first-order valence-electron chi connectivity index (χ1n) is 8.71. The van der Waals surface area contributed by atoms with Gasteiger partial charge >= 0.3 is 6.09 Å². The lowest BCUT2D eigenvalue weighted by Crippen LogP contribution is -2.40.